The van der Waals surface area contributed by atoms with Gasteiger partial charge in [0.15, 0.2) is 5.41 Å². The van der Waals surface area contributed by atoms with Gasteiger partial charge in [0.1, 0.15) is 0 Å². The zero-order valence-corrected chi connectivity index (χ0v) is 12.0. The van der Waals surface area contributed by atoms with E-state index in [0.29, 0.717) is 13.1 Å². The van der Waals surface area contributed by atoms with E-state index in [-0.39, 0.29) is 12.0 Å². The van der Waals surface area contributed by atoms with Crippen LogP contribution in [0.3, 0.4) is 0 Å². The van der Waals surface area contributed by atoms with Crippen molar-refractivity contribution >= 4 is 12.0 Å². The maximum absolute atomic E-state index is 13.1. The van der Waals surface area contributed by atoms with Gasteiger partial charge in [-0.15, -0.1) is 0 Å². The molecule has 2 saturated heterocycles. The monoisotopic (exact) mass is 308 g/mol. The van der Waals surface area contributed by atoms with E-state index in [1.54, 1.807) is 0 Å². The third-order valence-corrected chi connectivity index (χ3v) is 4.44. The first kappa shape index (κ1) is 15.9. The fourth-order valence-corrected chi connectivity index (χ4v) is 2.98. The molecule has 120 valence electrons. The second-order valence-electron chi connectivity index (χ2n) is 6.67. The van der Waals surface area contributed by atoms with Gasteiger partial charge in [-0.3, -0.25) is 4.79 Å². The number of hydrogen-bond donors (Lipinski definition) is 1. The summed E-state index contributed by atoms with van der Waals surface area (Å²) in [6.45, 7) is 3.97. The maximum atomic E-state index is 13.1. The molecule has 0 bridgehead atoms. The Bertz CT molecular complexity index is 464. The number of hydrogen-bond acceptors (Lipinski definition) is 2. The minimum Gasteiger partial charge on any atom is -0.481 e. The van der Waals surface area contributed by atoms with Crippen LogP contribution in [-0.2, 0) is 4.79 Å². The standard InChI is InChI=1S/C13H19F3N2O3/c1-11(2)3-5-17(7-11)10(21)18-6-4-12(8-18,9(19)20)13(14,15)16/h3-8H2,1-2H3,(H,19,20). The molecule has 1 N–H and O–H groups in total. The summed E-state index contributed by atoms with van der Waals surface area (Å²) < 4.78 is 39.2. The van der Waals surface area contributed by atoms with Crippen LogP contribution in [0.4, 0.5) is 18.0 Å². The Labute approximate surface area is 120 Å². The van der Waals surface area contributed by atoms with E-state index in [1.807, 2.05) is 13.8 Å². The van der Waals surface area contributed by atoms with Gasteiger partial charge < -0.3 is 14.9 Å². The van der Waals surface area contributed by atoms with Crippen LogP contribution in [0.15, 0.2) is 0 Å². The Balaban J connectivity index is 2.11. The number of carbonyl (C=O) groups excluding carboxylic acids is 1. The van der Waals surface area contributed by atoms with Crippen LogP contribution >= 0.6 is 0 Å². The van der Waals surface area contributed by atoms with Gasteiger partial charge in [-0.1, -0.05) is 13.8 Å². The predicted molar refractivity (Wildman–Crippen MR) is 67.7 cm³/mol. The molecule has 1 unspecified atom stereocenters. The van der Waals surface area contributed by atoms with Crippen LogP contribution in [0.1, 0.15) is 26.7 Å². The van der Waals surface area contributed by atoms with Gasteiger partial charge in [0.05, 0.1) is 0 Å². The van der Waals surface area contributed by atoms with Crippen molar-refractivity contribution in [3.63, 3.8) is 0 Å². The van der Waals surface area contributed by atoms with E-state index >= 15 is 0 Å². The van der Waals surface area contributed by atoms with E-state index in [4.69, 9.17) is 5.11 Å². The van der Waals surface area contributed by atoms with Gasteiger partial charge in [0.2, 0.25) is 0 Å². The number of amides is 2. The number of urea groups is 1. The van der Waals surface area contributed by atoms with E-state index in [9.17, 15) is 22.8 Å². The Morgan fingerprint density at radius 2 is 1.57 bits per heavy atom. The molecule has 0 aromatic rings. The molecule has 0 radical (unpaired) electrons. The van der Waals surface area contributed by atoms with Crippen molar-refractivity contribution in [1.29, 1.82) is 0 Å². The molecule has 21 heavy (non-hydrogen) atoms. The van der Waals surface area contributed by atoms with Crippen molar-refractivity contribution in [2.45, 2.75) is 32.9 Å². The average Bonchev–Trinajstić information content (AvgIpc) is 2.91. The normalized spacial score (nSPS) is 29.0. The van der Waals surface area contributed by atoms with Crippen molar-refractivity contribution < 1.29 is 27.9 Å². The number of carboxylic acid groups (broad SMARTS) is 1. The molecule has 2 aliphatic rings. The molecule has 8 heteroatoms. The lowest BCUT2D eigenvalue weighted by atomic mass is 9.86. The van der Waals surface area contributed by atoms with Crippen LogP contribution in [0.2, 0.25) is 0 Å². The summed E-state index contributed by atoms with van der Waals surface area (Å²) in [7, 11) is 0. The molecule has 2 rings (SSSR count). The SMILES string of the molecule is CC1(C)CCN(C(=O)N2CCC(C(=O)O)(C(F)(F)F)C2)C1. The summed E-state index contributed by atoms with van der Waals surface area (Å²) in [4.78, 5) is 25.9. The van der Waals surface area contributed by atoms with E-state index in [1.165, 1.54) is 4.90 Å². The first-order valence-corrected chi connectivity index (χ1v) is 6.83. The average molecular weight is 308 g/mol. The van der Waals surface area contributed by atoms with Gasteiger partial charge in [0.25, 0.3) is 0 Å². The van der Waals surface area contributed by atoms with Crippen molar-refractivity contribution in [2.75, 3.05) is 26.2 Å². The summed E-state index contributed by atoms with van der Waals surface area (Å²) in [5.74, 6) is -1.91. The first-order valence-electron chi connectivity index (χ1n) is 6.83. The molecule has 0 saturated carbocycles. The molecule has 5 nitrogen and oxygen atoms in total. The highest BCUT2D eigenvalue weighted by atomic mass is 19.4. The van der Waals surface area contributed by atoms with Crippen molar-refractivity contribution in [1.82, 2.24) is 9.80 Å². The molecule has 0 aliphatic carbocycles. The molecule has 0 aromatic carbocycles. The summed E-state index contributed by atoms with van der Waals surface area (Å²) >= 11 is 0. The van der Waals surface area contributed by atoms with Crippen LogP contribution in [0.25, 0.3) is 0 Å². The maximum Gasteiger partial charge on any atom is 0.406 e. The predicted octanol–water partition coefficient (Wildman–Crippen LogP) is 2.18. The van der Waals surface area contributed by atoms with E-state index in [2.05, 4.69) is 0 Å². The van der Waals surface area contributed by atoms with Gasteiger partial charge in [-0.2, -0.15) is 13.2 Å². The van der Waals surface area contributed by atoms with Crippen molar-refractivity contribution in [2.24, 2.45) is 10.8 Å². The molecule has 0 spiro atoms. The van der Waals surface area contributed by atoms with Gasteiger partial charge in [-0.25, -0.2) is 4.79 Å². The van der Waals surface area contributed by atoms with Gasteiger partial charge >= 0.3 is 18.2 Å². The Kier molecular flexibility index (Phi) is 3.62. The number of halogens is 3. The largest absolute Gasteiger partial charge is 0.481 e. The summed E-state index contributed by atoms with van der Waals surface area (Å²) in [5.41, 5.74) is -2.89. The molecular formula is C13H19F3N2O3. The summed E-state index contributed by atoms with van der Waals surface area (Å²) in [6, 6.07) is -0.493. The number of aliphatic carboxylic acids is 1. The van der Waals surface area contributed by atoms with Crippen LogP contribution < -0.4 is 0 Å². The third-order valence-electron chi connectivity index (χ3n) is 4.44. The molecule has 2 fully saturated rings. The Morgan fingerprint density at radius 1 is 1.05 bits per heavy atom. The number of nitrogens with zero attached hydrogens (tertiary/aromatic N) is 2. The number of rotatable bonds is 1. The quantitative estimate of drug-likeness (QED) is 0.807. The first-order chi connectivity index (χ1) is 9.48. The van der Waals surface area contributed by atoms with Crippen LogP contribution in [-0.4, -0.2) is 59.3 Å². The number of likely N-dealkylation sites (tertiary alicyclic amines) is 2. The number of carbonyl (C=O) groups is 2. The second-order valence-corrected chi connectivity index (χ2v) is 6.67. The highest BCUT2D eigenvalue weighted by molar-refractivity contribution is 5.80. The smallest absolute Gasteiger partial charge is 0.406 e. The van der Waals surface area contributed by atoms with Gasteiger partial charge in [0, 0.05) is 26.2 Å². The van der Waals surface area contributed by atoms with E-state index in [0.717, 1.165) is 11.3 Å². The van der Waals surface area contributed by atoms with Crippen molar-refractivity contribution in [3.8, 4) is 0 Å². The van der Waals surface area contributed by atoms with E-state index < -0.39 is 36.6 Å². The molecule has 2 heterocycles. The lowest BCUT2D eigenvalue weighted by Gasteiger charge is -2.29. The lowest BCUT2D eigenvalue weighted by molar-refractivity contribution is -0.227. The zero-order valence-electron chi connectivity index (χ0n) is 12.0. The second kappa shape index (κ2) is 4.78. The molecular weight excluding hydrogens is 289 g/mol. The highest BCUT2D eigenvalue weighted by Gasteiger charge is 2.64. The molecule has 1 atom stereocenters. The molecule has 2 amide bonds. The third kappa shape index (κ3) is 2.67. The van der Waals surface area contributed by atoms with Gasteiger partial charge in [-0.05, 0) is 18.3 Å². The number of carboxylic acids is 1. The molecule has 2 aliphatic heterocycles. The topological polar surface area (TPSA) is 60.9 Å². The summed E-state index contributed by atoms with van der Waals surface area (Å²) in [6.07, 6.45) is -4.66. The fraction of sp³-hybridized carbons (Fsp3) is 0.846. The Hall–Kier alpha value is -1.47. The van der Waals surface area contributed by atoms with Crippen LogP contribution in [0.5, 0.6) is 0 Å². The van der Waals surface area contributed by atoms with Crippen molar-refractivity contribution in [3.05, 3.63) is 0 Å². The zero-order chi connectivity index (χ0) is 16.1. The fourth-order valence-electron chi connectivity index (χ4n) is 2.98. The minimum atomic E-state index is -4.86. The molecule has 0 aromatic heterocycles. The highest BCUT2D eigenvalue weighted by Crippen LogP contribution is 2.46. The summed E-state index contributed by atoms with van der Waals surface area (Å²) in [5, 5.41) is 8.98. The lowest BCUT2D eigenvalue weighted by Crippen LogP contribution is -2.49. The number of alkyl halides is 3. The minimum absolute atomic E-state index is 0.0523. The Morgan fingerprint density at radius 3 is 1.95 bits per heavy atom. The van der Waals surface area contributed by atoms with Crippen LogP contribution in [0, 0.1) is 10.8 Å².